The number of anilines is 1. The molecule has 0 radical (unpaired) electrons. The topological polar surface area (TPSA) is 81.9 Å². The molecule has 1 N–H and O–H groups in total. The number of methoxy groups -OCH3 is 1. The van der Waals surface area contributed by atoms with E-state index in [1.165, 1.54) is 23.1 Å². The van der Waals surface area contributed by atoms with E-state index in [2.05, 4.69) is 20.5 Å². The molecule has 0 saturated carbocycles. The maximum Gasteiger partial charge on any atom is 0.236 e. The molecule has 142 valence electrons. The molecule has 0 aliphatic carbocycles. The molecule has 0 spiro atoms. The smallest absolute Gasteiger partial charge is 0.236 e. The van der Waals surface area contributed by atoms with Crippen molar-refractivity contribution < 1.29 is 9.53 Å². The van der Waals surface area contributed by atoms with Crippen LogP contribution in [-0.2, 0) is 11.3 Å². The zero-order chi connectivity index (χ0) is 19.4. The Kier molecular flexibility index (Phi) is 6.12. The fourth-order valence-electron chi connectivity index (χ4n) is 2.47. The number of carbonyl (C=O) groups is 1. The minimum atomic E-state index is -0.109. The van der Waals surface area contributed by atoms with Crippen LogP contribution in [0.1, 0.15) is 17.5 Å². The van der Waals surface area contributed by atoms with Crippen molar-refractivity contribution in [1.29, 1.82) is 0 Å². The lowest BCUT2D eigenvalue weighted by Gasteiger charge is -2.08. The van der Waals surface area contributed by atoms with Crippen LogP contribution in [0, 0.1) is 13.8 Å². The molecule has 9 heteroatoms. The molecule has 2 aromatic heterocycles. The first-order chi connectivity index (χ1) is 13.0. The largest absolute Gasteiger partial charge is 0.497 e. The van der Waals surface area contributed by atoms with Gasteiger partial charge in [0.05, 0.1) is 18.6 Å². The highest BCUT2D eigenvalue weighted by molar-refractivity contribution is 7.99. The summed E-state index contributed by atoms with van der Waals surface area (Å²) < 4.78 is 7.27. The first kappa shape index (κ1) is 19.4. The van der Waals surface area contributed by atoms with Crippen molar-refractivity contribution in [3.05, 3.63) is 34.8 Å². The third kappa shape index (κ3) is 4.48. The second kappa shape index (κ2) is 8.53. The normalized spacial score (nSPS) is 10.8. The number of aromatic nitrogens is 4. The quantitative estimate of drug-likeness (QED) is 0.605. The van der Waals surface area contributed by atoms with Crippen LogP contribution >= 0.6 is 23.1 Å². The Morgan fingerprint density at radius 2 is 2.15 bits per heavy atom. The Morgan fingerprint density at radius 1 is 1.33 bits per heavy atom. The highest BCUT2D eigenvalue weighted by Crippen LogP contribution is 2.27. The van der Waals surface area contributed by atoms with Gasteiger partial charge >= 0.3 is 0 Å². The number of aryl methyl sites for hydroxylation is 2. The molecular formula is C18H21N5O2S2. The predicted molar refractivity (Wildman–Crippen MR) is 109 cm³/mol. The number of carbonyl (C=O) groups excluding carboxylic acids is 1. The van der Waals surface area contributed by atoms with E-state index < -0.39 is 0 Å². The van der Waals surface area contributed by atoms with Crippen LogP contribution in [0.15, 0.2) is 29.4 Å². The zero-order valence-corrected chi connectivity index (χ0v) is 17.3. The Morgan fingerprint density at radius 3 is 2.81 bits per heavy atom. The van der Waals surface area contributed by atoms with E-state index in [9.17, 15) is 4.79 Å². The number of thiazole rings is 1. The van der Waals surface area contributed by atoms with Gasteiger partial charge in [-0.3, -0.25) is 4.79 Å². The molecule has 0 atom stereocenters. The van der Waals surface area contributed by atoms with Gasteiger partial charge < -0.3 is 14.6 Å². The van der Waals surface area contributed by atoms with Gasteiger partial charge in [-0.1, -0.05) is 23.9 Å². The molecular weight excluding hydrogens is 382 g/mol. The van der Waals surface area contributed by atoms with Crippen molar-refractivity contribution >= 4 is 34.1 Å². The third-order valence-electron chi connectivity index (χ3n) is 3.97. The number of nitrogens with zero attached hydrogens (tertiary/aromatic N) is 4. The number of rotatable bonds is 7. The number of nitrogens with one attached hydrogen (secondary N) is 1. The van der Waals surface area contributed by atoms with Gasteiger partial charge in [0.25, 0.3) is 0 Å². The van der Waals surface area contributed by atoms with E-state index in [-0.39, 0.29) is 11.7 Å². The van der Waals surface area contributed by atoms with Gasteiger partial charge in [-0.25, -0.2) is 4.98 Å². The first-order valence-electron chi connectivity index (χ1n) is 8.46. The monoisotopic (exact) mass is 403 g/mol. The van der Waals surface area contributed by atoms with Crippen LogP contribution in [0.4, 0.5) is 5.13 Å². The number of hydrogen-bond acceptors (Lipinski definition) is 7. The number of ether oxygens (including phenoxy) is 1. The molecule has 0 unspecified atom stereocenters. The maximum absolute atomic E-state index is 12.2. The van der Waals surface area contributed by atoms with E-state index >= 15 is 0 Å². The standard InChI is InChI=1S/C18H21N5O2S2/c1-5-23-16(13-7-6-8-14(9-13)25-4)21-22-18(23)26-10-15(24)20-17-19-11(2)12(3)27-17/h6-9H,5,10H2,1-4H3,(H,19,20,24). The Bertz CT molecular complexity index is 932. The number of benzene rings is 1. The van der Waals surface area contributed by atoms with Gasteiger partial charge in [-0.15, -0.1) is 21.5 Å². The fraction of sp³-hybridized carbons (Fsp3) is 0.333. The molecule has 0 fully saturated rings. The van der Waals surface area contributed by atoms with Gasteiger partial charge in [0.15, 0.2) is 16.1 Å². The average molecular weight is 404 g/mol. The molecule has 1 aromatic carbocycles. The molecule has 2 heterocycles. The van der Waals surface area contributed by atoms with E-state index in [0.717, 1.165) is 27.7 Å². The van der Waals surface area contributed by atoms with Crippen LogP contribution in [0.2, 0.25) is 0 Å². The van der Waals surface area contributed by atoms with Gasteiger partial charge in [-0.2, -0.15) is 0 Å². The zero-order valence-electron chi connectivity index (χ0n) is 15.6. The minimum Gasteiger partial charge on any atom is -0.497 e. The summed E-state index contributed by atoms with van der Waals surface area (Å²) in [4.78, 5) is 17.7. The SMILES string of the molecule is CCn1c(SCC(=O)Nc2nc(C)c(C)s2)nnc1-c1cccc(OC)c1. The lowest BCUT2D eigenvalue weighted by Crippen LogP contribution is -2.14. The predicted octanol–water partition coefficient (Wildman–Crippen LogP) is 3.78. The van der Waals surface area contributed by atoms with Crippen LogP contribution in [-0.4, -0.2) is 38.5 Å². The summed E-state index contributed by atoms with van der Waals surface area (Å²) in [6.07, 6.45) is 0. The van der Waals surface area contributed by atoms with Crippen LogP contribution in [0.5, 0.6) is 5.75 Å². The van der Waals surface area contributed by atoms with Crippen LogP contribution in [0.25, 0.3) is 11.4 Å². The molecule has 3 rings (SSSR count). The molecule has 0 aliphatic heterocycles. The van der Waals surface area contributed by atoms with Crippen LogP contribution < -0.4 is 10.1 Å². The molecule has 0 aliphatic rings. The lowest BCUT2D eigenvalue weighted by atomic mass is 10.2. The third-order valence-corrected chi connectivity index (χ3v) is 5.92. The van der Waals surface area contributed by atoms with Crippen molar-refractivity contribution in [2.75, 3.05) is 18.2 Å². The summed E-state index contributed by atoms with van der Waals surface area (Å²) in [6, 6.07) is 7.69. The van der Waals surface area contributed by atoms with Gasteiger partial charge in [0.2, 0.25) is 5.91 Å². The van der Waals surface area contributed by atoms with E-state index in [1.807, 2.05) is 49.6 Å². The summed E-state index contributed by atoms with van der Waals surface area (Å²) in [5.74, 6) is 1.65. The summed E-state index contributed by atoms with van der Waals surface area (Å²) in [5.41, 5.74) is 1.87. The molecule has 0 saturated heterocycles. The van der Waals surface area contributed by atoms with Crippen molar-refractivity contribution in [2.24, 2.45) is 0 Å². The fourth-order valence-corrected chi connectivity index (χ4v) is 4.10. The first-order valence-corrected chi connectivity index (χ1v) is 10.3. The summed E-state index contributed by atoms with van der Waals surface area (Å²) >= 11 is 2.84. The number of hydrogen-bond donors (Lipinski definition) is 1. The average Bonchev–Trinajstić information content (AvgIpc) is 3.22. The van der Waals surface area contributed by atoms with E-state index in [0.29, 0.717) is 16.8 Å². The Hall–Kier alpha value is -2.39. The second-order valence-corrected chi connectivity index (χ2v) is 7.93. The van der Waals surface area contributed by atoms with Crippen LogP contribution in [0.3, 0.4) is 0 Å². The minimum absolute atomic E-state index is 0.109. The summed E-state index contributed by atoms with van der Waals surface area (Å²) in [7, 11) is 1.63. The number of amides is 1. The molecule has 27 heavy (non-hydrogen) atoms. The Balaban J connectivity index is 1.70. The van der Waals surface area contributed by atoms with Gasteiger partial charge in [-0.05, 0) is 32.9 Å². The van der Waals surface area contributed by atoms with E-state index in [1.54, 1.807) is 7.11 Å². The molecule has 3 aromatic rings. The van der Waals surface area contributed by atoms with Gasteiger partial charge in [0.1, 0.15) is 5.75 Å². The maximum atomic E-state index is 12.2. The molecule has 1 amide bonds. The summed E-state index contributed by atoms with van der Waals surface area (Å²) in [5, 5.41) is 12.7. The highest BCUT2D eigenvalue weighted by atomic mass is 32.2. The van der Waals surface area contributed by atoms with Gasteiger partial charge in [0, 0.05) is 17.0 Å². The second-order valence-electron chi connectivity index (χ2n) is 5.78. The van der Waals surface area contributed by atoms with Crippen molar-refractivity contribution in [3.8, 4) is 17.1 Å². The molecule has 7 nitrogen and oxygen atoms in total. The van der Waals surface area contributed by atoms with Crippen molar-refractivity contribution in [3.63, 3.8) is 0 Å². The molecule has 0 bridgehead atoms. The highest BCUT2D eigenvalue weighted by Gasteiger charge is 2.16. The summed E-state index contributed by atoms with van der Waals surface area (Å²) in [6.45, 7) is 6.65. The lowest BCUT2D eigenvalue weighted by molar-refractivity contribution is -0.113. The Labute approximate surface area is 166 Å². The van der Waals surface area contributed by atoms with E-state index in [4.69, 9.17) is 4.74 Å². The van der Waals surface area contributed by atoms with Crippen molar-refractivity contribution in [2.45, 2.75) is 32.5 Å². The van der Waals surface area contributed by atoms with Crippen molar-refractivity contribution in [1.82, 2.24) is 19.7 Å². The number of thioether (sulfide) groups is 1.